The molecule has 0 aromatic rings. The van der Waals surface area contributed by atoms with E-state index >= 15 is 0 Å². The first kappa shape index (κ1) is 15.8. The van der Waals surface area contributed by atoms with Gasteiger partial charge in [-0.3, -0.25) is 13.8 Å². The Bertz CT molecular complexity index is 396. The fraction of sp³-hybridized carbons (Fsp3) is 0.667. The largest absolute Gasteiger partial charge is 0.755 e. The molecule has 1 unspecified atom stereocenters. The average Bonchev–Trinajstić information content (AvgIpc) is 2.34. The predicted molar refractivity (Wildman–Crippen MR) is 68.0 cm³/mol. The van der Waals surface area contributed by atoms with E-state index in [0.29, 0.717) is 4.31 Å². The quantitative estimate of drug-likeness (QED) is 0.540. The first-order chi connectivity index (χ1) is 9.01. The standard InChI is InChI=1S/C12H19NO5S/c1-3-5-9-6-7-13(19(16)17)12(15)10(9)8-11(14)18-4-2/h6-7,9-10H,3-5,8H2,1-2H3,(H,16,17)/p-1/t9-,10-/m0/s1. The molecule has 0 aromatic carbocycles. The Kier molecular flexibility index (Phi) is 6.17. The van der Waals surface area contributed by atoms with E-state index in [1.165, 1.54) is 6.20 Å². The first-order valence-electron chi connectivity index (χ1n) is 6.27. The molecule has 0 aromatic heterocycles. The maximum absolute atomic E-state index is 12.1. The molecule has 0 bridgehead atoms. The molecular formula is C12H18NO5S-. The Labute approximate surface area is 115 Å². The number of rotatable bonds is 6. The van der Waals surface area contributed by atoms with Crippen molar-refractivity contribution in [3.63, 3.8) is 0 Å². The second-order valence-electron chi connectivity index (χ2n) is 4.29. The molecule has 7 heteroatoms. The van der Waals surface area contributed by atoms with Gasteiger partial charge in [0.2, 0.25) is 5.91 Å². The Morgan fingerprint density at radius 3 is 2.74 bits per heavy atom. The predicted octanol–water partition coefficient (Wildman–Crippen LogP) is 1.12. The summed E-state index contributed by atoms with van der Waals surface area (Å²) in [6, 6.07) is 0. The Balaban J connectivity index is 2.87. The fourth-order valence-electron chi connectivity index (χ4n) is 2.13. The summed E-state index contributed by atoms with van der Waals surface area (Å²) in [5.74, 6) is -1.83. The van der Waals surface area contributed by atoms with Crippen LogP contribution in [0.25, 0.3) is 0 Å². The number of ether oxygens (including phenoxy) is 1. The molecule has 0 N–H and O–H groups in total. The third kappa shape index (κ3) is 4.14. The molecule has 0 fully saturated rings. The molecule has 1 rings (SSSR count). The summed E-state index contributed by atoms with van der Waals surface area (Å²) >= 11 is -2.65. The third-order valence-corrected chi connectivity index (χ3v) is 3.62. The molecule has 1 heterocycles. The van der Waals surface area contributed by atoms with Crippen LogP contribution in [0.4, 0.5) is 0 Å². The lowest BCUT2D eigenvalue weighted by molar-refractivity contribution is -0.148. The van der Waals surface area contributed by atoms with Crippen LogP contribution in [0.15, 0.2) is 12.3 Å². The van der Waals surface area contributed by atoms with Crippen molar-refractivity contribution >= 4 is 23.1 Å². The van der Waals surface area contributed by atoms with E-state index in [1.807, 2.05) is 6.92 Å². The van der Waals surface area contributed by atoms with Gasteiger partial charge in [-0.25, -0.2) is 4.31 Å². The third-order valence-electron chi connectivity index (χ3n) is 2.99. The van der Waals surface area contributed by atoms with E-state index in [-0.39, 0.29) is 18.9 Å². The zero-order valence-electron chi connectivity index (χ0n) is 11.0. The number of carbonyl (C=O) groups excluding carboxylic acids is 2. The van der Waals surface area contributed by atoms with Gasteiger partial charge in [0.25, 0.3) is 0 Å². The van der Waals surface area contributed by atoms with Crippen LogP contribution in [0, 0.1) is 11.8 Å². The number of hydrogen-bond acceptors (Lipinski definition) is 5. The summed E-state index contributed by atoms with van der Waals surface area (Å²) < 4.78 is 27.3. The summed E-state index contributed by atoms with van der Waals surface area (Å²) in [5, 5.41) is 0. The number of hydrogen-bond donors (Lipinski definition) is 0. The minimum absolute atomic E-state index is 0.0879. The average molecular weight is 288 g/mol. The topological polar surface area (TPSA) is 86.7 Å². The highest BCUT2D eigenvalue weighted by Crippen LogP contribution is 2.29. The molecule has 0 saturated carbocycles. The van der Waals surface area contributed by atoms with Crippen molar-refractivity contribution in [1.29, 1.82) is 0 Å². The van der Waals surface area contributed by atoms with Gasteiger partial charge in [-0.05, 0) is 19.3 Å². The van der Waals surface area contributed by atoms with Crippen LogP contribution in [0.1, 0.15) is 33.1 Å². The summed E-state index contributed by atoms with van der Waals surface area (Å²) in [7, 11) is 0. The Hall–Kier alpha value is -1.21. The normalized spacial score (nSPS) is 24.4. The lowest BCUT2D eigenvalue weighted by atomic mass is 9.84. The van der Waals surface area contributed by atoms with Gasteiger partial charge in [-0.2, -0.15) is 0 Å². The molecule has 1 amide bonds. The monoisotopic (exact) mass is 288 g/mol. The van der Waals surface area contributed by atoms with E-state index in [2.05, 4.69) is 0 Å². The number of esters is 1. The lowest BCUT2D eigenvalue weighted by Gasteiger charge is -2.33. The van der Waals surface area contributed by atoms with Crippen molar-refractivity contribution in [1.82, 2.24) is 4.31 Å². The van der Waals surface area contributed by atoms with Crippen LogP contribution in [-0.2, 0) is 25.6 Å². The molecule has 0 saturated heterocycles. The fourth-order valence-corrected chi connectivity index (χ4v) is 2.59. The van der Waals surface area contributed by atoms with Gasteiger partial charge in [0.1, 0.15) is 0 Å². The highest BCUT2D eigenvalue weighted by molar-refractivity contribution is 7.77. The molecule has 3 atom stereocenters. The summed E-state index contributed by atoms with van der Waals surface area (Å²) in [6.45, 7) is 3.89. The minimum Gasteiger partial charge on any atom is -0.755 e. The summed E-state index contributed by atoms with van der Waals surface area (Å²) in [5.41, 5.74) is 0. The minimum atomic E-state index is -2.65. The van der Waals surface area contributed by atoms with Crippen molar-refractivity contribution < 1.29 is 23.1 Å². The smallest absolute Gasteiger partial charge is 0.306 e. The van der Waals surface area contributed by atoms with Crippen molar-refractivity contribution in [2.24, 2.45) is 11.8 Å². The van der Waals surface area contributed by atoms with Gasteiger partial charge >= 0.3 is 5.97 Å². The van der Waals surface area contributed by atoms with Gasteiger partial charge in [-0.1, -0.05) is 19.4 Å². The van der Waals surface area contributed by atoms with E-state index in [1.54, 1.807) is 13.0 Å². The van der Waals surface area contributed by atoms with Crippen LogP contribution in [-0.4, -0.2) is 31.6 Å². The van der Waals surface area contributed by atoms with Gasteiger partial charge in [0.15, 0.2) is 0 Å². The molecule has 0 aliphatic carbocycles. The maximum Gasteiger partial charge on any atom is 0.306 e. The van der Waals surface area contributed by atoms with Crippen LogP contribution in [0.2, 0.25) is 0 Å². The highest BCUT2D eigenvalue weighted by atomic mass is 32.2. The number of allylic oxidation sites excluding steroid dienone is 1. The van der Waals surface area contributed by atoms with Gasteiger partial charge in [0, 0.05) is 6.20 Å². The second kappa shape index (κ2) is 7.40. The maximum atomic E-state index is 12.1. The number of carbonyl (C=O) groups is 2. The summed E-state index contributed by atoms with van der Waals surface area (Å²) in [4.78, 5) is 23.6. The second-order valence-corrected chi connectivity index (χ2v) is 5.12. The van der Waals surface area contributed by atoms with Crippen LogP contribution in [0.5, 0.6) is 0 Å². The molecule has 6 nitrogen and oxygen atoms in total. The Morgan fingerprint density at radius 1 is 1.53 bits per heavy atom. The van der Waals surface area contributed by atoms with Crippen molar-refractivity contribution in [2.45, 2.75) is 33.1 Å². The highest BCUT2D eigenvalue weighted by Gasteiger charge is 2.35. The molecule has 19 heavy (non-hydrogen) atoms. The van der Waals surface area contributed by atoms with E-state index < -0.39 is 29.1 Å². The van der Waals surface area contributed by atoms with Crippen molar-refractivity contribution in [3.05, 3.63) is 12.3 Å². The zero-order chi connectivity index (χ0) is 14.4. The van der Waals surface area contributed by atoms with Gasteiger partial charge in [0.05, 0.1) is 30.2 Å². The summed E-state index contributed by atoms with van der Waals surface area (Å²) in [6.07, 6.45) is 4.42. The lowest BCUT2D eigenvalue weighted by Crippen LogP contribution is -2.41. The van der Waals surface area contributed by atoms with E-state index in [0.717, 1.165) is 12.8 Å². The molecular weight excluding hydrogens is 270 g/mol. The van der Waals surface area contributed by atoms with Gasteiger partial charge in [-0.15, -0.1) is 0 Å². The Morgan fingerprint density at radius 2 is 2.21 bits per heavy atom. The van der Waals surface area contributed by atoms with Crippen LogP contribution >= 0.6 is 0 Å². The van der Waals surface area contributed by atoms with Gasteiger partial charge < -0.3 is 9.29 Å². The number of amides is 1. The molecule has 0 radical (unpaired) electrons. The van der Waals surface area contributed by atoms with E-state index in [4.69, 9.17) is 4.74 Å². The van der Waals surface area contributed by atoms with Crippen LogP contribution in [0.3, 0.4) is 0 Å². The molecule has 0 spiro atoms. The molecule has 1 aliphatic rings. The van der Waals surface area contributed by atoms with Crippen LogP contribution < -0.4 is 0 Å². The SMILES string of the molecule is CCC[C@H]1C=CN(S(=O)[O-])C(=O)[C@H]1CC(=O)OCC. The van der Waals surface area contributed by atoms with Crippen molar-refractivity contribution in [2.75, 3.05) is 6.61 Å². The first-order valence-corrected chi connectivity index (χ1v) is 7.30. The van der Waals surface area contributed by atoms with E-state index in [9.17, 15) is 18.4 Å². The molecule has 108 valence electrons. The van der Waals surface area contributed by atoms with Crippen molar-refractivity contribution in [3.8, 4) is 0 Å². The number of nitrogens with zero attached hydrogens (tertiary/aromatic N) is 1. The zero-order valence-corrected chi connectivity index (χ0v) is 11.9. The molecule has 1 aliphatic heterocycles.